The topological polar surface area (TPSA) is 38.0 Å². The Kier molecular flexibility index (Phi) is 2.93. The number of nitrogen functional groups attached to an aromatic ring is 1. The lowest BCUT2D eigenvalue weighted by molar-refractivity contribution is 0.385. The molecular weight excluding hydrogens is 199 g/mol. The van der Waals surface area contributed by atoms with Gasteiger partial charge in [0.05, 0.1) is 0 Å². The Morgan fingerprint density at radius 3 is 2.86 bits per heavy atom. The molecule has 4 heteroatoms. The first-order chi connectivity index (χ1) is 6.75. The quantitative estimate of drug-likeness (QED) is 0.592. The highest BCUT2D eigenvalue weighted by Crippen LogP contribution is 2.26. The summed E-state index contributed by atoms with van der Waals surface area (Å²) < 4.78 is 13.3. The van der Waals surface area contributed by atoms with Gasteiger partial charge in [0, 0.05) is 16.3 Å². The number of hydrogen-bond donors (Lipinski definition) is 2. The molecule has 1 saturated heterocycles. The summed E-state index contributed by atoms with van der Waals surface area (Å²) in [5.74, 6) is 1.47. The summed E-state index contributed by atoms with van der Waals surface area (Å²) in [6.45, 7) is 2.12. The van der Waals surface area contributed by atoms with Crippen LogP contribution in [-0.4, -0.2) is 18.8 Å². The standard InChI is InChI=1S/C10H13FN2S/c11-9-3-8(12)1-2-10(9)14-6-7-4-13-5-7/h1-3,7,13H,4-6,12H2. The molecular formula is C10H13FN2S. The van der Waals surface area contributed by atoms with Crippen LogP contribution in [0.25, 0.3) is 0 Å². The summed E-state index contributed by atoms with van der Waals surface area (Å²) >= 11 is 1.57. The van der Waals surface area contributed by atoms with E-state index in [1.807, 2.05) is 0 Å². The molecule has 0 bridgehead atoms. The van der Waals surface area contributed by atoms with Crippen LogP contribution in [-0.2, 0) is 0 Å². The van der Waals surface area contributed by atoms with Gasteiger partial charge in [0.2, 0.25) is 0 Å². The van der Waals surface area contributed by atoms with E-state index in [1.54, 1.807) is 23.9 Å². The third kappa shape index (κ3) is 2.19. The monoisotopic (exact) mass is 212 g/mol. The first-order valence-electron chi connectivity index (χ1n) is 4.64. The zero-order chi connectivity index (χ0) is 9.97. The van der Waals surface area contributed by atoms with Gasteiger partial charge in [-0.25, -0.2) is 4.39 Å². The first-order valence-corrected chi connectivity index (χ1v) is 5.63. The lowest BCUT2D eigenvalue weighted by Crippen LogP contribution is -2.43. The van der Waals surface area contributed by atoms with Gasteiger partial charge in [0.25, 0.3) is 0 Å². The highest BCUT2D eigenvalue weighted by molar-refractivity contribution is 7.99. The van der Waals surface area contributed by atoms with E-state index in [9.17, 15) is 4.39 Å². The molecule has 1 aliphatic heterocycles. The molecule has 0 aliphatic carbocycles. The van der Waals surface area contributed by atoms with Gasteiger partial charge in [0.15, 0.2) is 0 Å². The van der Waals surface area contributed by atoms with E-state index >= 15 is 0 Å². The molecule has 1 heterocycles. The third-order valence-electron chi connectivity index (χ3n) is 2.30. The second-order valence-electron chi connectivity index (χ2n) is 3.53. The van der Waals surface area contributed by atoms with Crippen molar-refractivity contribution in [1.82, 2.24) is 5.32 Å². The van der Waals surface area contributed by atoms with Crippen LogP contribution in [0.3, 0.4) is 0 Å². The molecule has 14 heavy (non-hydrogen) atoms. The molecule has 2 nitrogen and oxygen atoms in total. The molecule has 1 aromatic rings. The van der Waals surface area contributed by atoms with Gasteiger partial charge in [-0.2, -0.15) is 0 Å². The van der Waals surface area contributed by atoms with Gasteiger partial charge in [-0.15, -0.1) is 11.8 Å². The molecule has 0 aromatic heterocycles. The largest absolute Gasteiger partial charge is 0.399 e. The first kappa shape index (κ1) is 9.80. The Labute approximate surface area is 87.1 Å². The van der Waals surface area contributed by atoms with Crippen molar-refractivity contribution in [1.29, 1.82) is 0 Å². The smallest absolute Gasteiger partial charge is 0.138 e. The minimum atomic E-state index is -0.206. The van der Waals surface area contributed by atoms with Gasteiger partial charge in [-0.05, 0) is 37.2 Å². The molecule has 3 N–H and O–H groups in total. The number of thioether (sulfide) groups is 1. The van der Waals surface area contributed by atoms with Gasteiger partial charge >= 0.3 is 0 Å². The Hall–Kier alpha value is -0.740. The van der Waals surface area contributed by atoms with Crippen molar-refractivity contribution in [3.05, 3.63) is 24.0 Å². The zero-order valence-corrected chi connectivity index (χ0v) is 8.61. The fourth-order valence-corrected chi connectivity index (χ4v) is 2.32. The summed E-state index contributed by atoms with van der Waals surface area (Å²) in [5.41, 5.74) is 5.95. The normalized spacial score (nSPS) is 16.6. The van der Waals surface area contributed by atoms with Crippen LogP contribution in [0.4, 0.5) is 10.1 Å². The van der Waals surface area contributed by atoms with E-state index in [4.69, 9.17) is 5.73 Å². The van der Waals surface area contributed by atoms with E-state index in [2.05, 4.69) is 5.32 Å². The van der Waals surface area contributed by atoms with Crippen molar-refractivity contribution < 1.29 is 4.39 Å². The molecule has 0 radical (unpaired) electrons. The highest BCUT2D eigenvalue weighted by Gasteiger charge is 2.17. The van der Waals surface area contributed by atoms with Crippen molar-refractivity contribution in [2.24, 2.45) is 5.92 Å². The van der Waals surface area contributed by atoms with Crippen LogP contribution in [0.5, 0.6) is 0 Å². The maximum absolute atomic E-state index is 13.3. The summed E-state index contributed by atoms with van der Waals surface area (Å²) in [6.07, 6.45) is 0. The number of halogens is 1. The highest BCUT2D eigenvalue weighted by atomic mass is 32.2. The minimum Gasteiger partial charge on any atom is -0.399 e. The van der Waals surface area contributed by atoms with Crippen LogP contribution in [0.2, 0.25) is 0 Å². The fraction of sp³-hybridized carbons (Fsp3) is 0.400. The van der Waals surface area contributed by atoms with Gasteiger partial charge in [-0.1, -0.05) is 0 Å². The zero-order valence-electron chi connectivity index (χ0n) is 7.79. The predicted octanol–water partition coefficient (Wildman–Crippen LogP) is 1.72. The summed E-state index contributed by atoms with van der Waals surface area (Å²) in [4.78, 5) is 0.700. The third-order valence-corrected chi connectivity index (χ3v) is 3.58. The van der Waals surface area contributed by atoms with E-state index in [1.165, 1.54) is 6.07 Å². The second kappa shape index (κ2) is 4.19. The van der Waals surface area contributed by atoms with E-state index in [0.717, 1.165) is 18.8 Å². The molecule has 1 aromatic carbocycles. The van der Waals surface area contributed by atoms with Crippen molar-refractivity contribution in [3.63, 3.8) is 0 Å². The number of hydrogen-bond acceptors (Lipinski definition) is 3. The Balaban J connectivity index is 1.94. The van der Waals surface area contributed by atoms with Crippen molar-refractivity contribution in [2.45, 2.75) is 4.90 Å². The average Bonchev–Trinajstić information content (AvgIpc) is 2.05. The molecule has 0 spiro atoms. The second-order valence-corrected chi connectivity index (χ2v) is 4.59. The molecule has 0 amide bonds. The van der Waals surface area contributed by atoms with Crippen molar-refractivity contribution in [2.75, 3.05) is 24.6 Å². The number of rotatable bonds is 3. The van der Waals surface area contributed by atoms with Gasteiger partial charge < -0.3 is 11.1 Å². The number of nitrogens with one attached hydrogen (secondary N) is 1. The summed E-state index contributed by atoms with van der Waals surface area (Å²) in [5, 5.41) is 3.19. The molecule has 0 unspecified atom stereocenters. The summed E-state index contributed by atoms with van der Waals surface area (Å²) in [6, 6.07) is 4.87. The summed E-state index contributed by atoms with van der Waals surface area (Å²) in [7, 11) is 0. The van der Waals surface area contributed by atoms with E-state index in [-0.39, 0.29) is 5.82 Å². The lowest BCUT2D eigenvalue weighted by atomic mass is 10.1. The minimum absolute atomic E-state index is 0.206. The van der Waals surface area contributed by atoms with Crippen LogP contribution in [0, 0.1) is 11.7 Å². The maximum atomic E-state index is 13.3. The van der Waals surface area contributed by atoms with Crippen LogP contribution in [0.1, 0.15) is 0 Å². The van der Waals surface area contributed by atoms with Gasteiger partial charge in [0.1, 0.15) is 5.82 Å². The van der Waals surface area contributed by atoms with Gasteiger partial charge in [-0.3, -0.25) is 0 Å². The van der Waals surface area contributed by atoms with Crippen LogP contribution < -0.4 is 11.1 Å². The van der Waals surface area contributed by atoms with E-state index in [0.29, 0.717) is 16.5 Å². The molecule has 76 valence electrons. The average molecular weight is 212 g/mol. The molecule has 1 fully saturated rings. The SMILES string of the molecule is Nc1ccc(SCC2CNC2)c(F)c1. The molecule has 2 rings (SSSR count). The molecule has 0 atom stereocenters. The number of nitrogens with two attached hydrogens (primary N) is 1. The van der Waals surface area contributed by atoms with Crippen LogP contribution >= 0.6 is 11.8 Å². The molecule has 1 aliphatic rings. The van der Waals surface area contributed by atoms with E-state index < -0.39 is 0 Å². The maximum Gasteiger partial charge on any atom is 0.138 e. The predicted molar refractivity (Wildman–Crippen MR) is 57.9 cm³/mol. The number of benzene rings is 1. The number of anilines is 1. The Bertz CT molecular complexity index is 326. The Morgan fingerprint density at radius 1 is 1.50 bits per heavy atom. The van der Waals surface area contributed by atoms with Crippen LogP contribution in [0.15, 0.2) is 23.1 Å². The van der Waals surface area contributed by atoms with Crippen molar-refractivity contribution >= 4 is 17.4 Å². The molecule has 0 saturated carbocycles. The lowest BCUT2D eigenvalue weighted by Gasteiger charge is -2.26. The fourth-order valence-electron chi connectivity index (χ4n) is 1.31. The Morgan fingerprint density at radius 2 is 2.29 bits per heavy atom. The van der Waals surface area contributed by atoms with Crippen molar-refractivity contribution in [3.8, 4) is 0 Å².